The van der Waals surface area contributed by atoms with Crippen molar-refractivity contribution in [2.45, 2.75) is 32.1 Å². The number of unbranched alkanes of at least 4 members (excludes halogenated alkanes) is 2. The number of nitrogens with one attached hydrogen (secondary N) is 3. The molecule has 0 aliphatic carbocycles. The van der Waals surface area contributed by atoms with Crippen LogP contribution < -0.4 is 20.3 Å². The first-order valence-corrected chi connectivity index (χ1v) is 13.6. The normalized spacial score (nSPS) is 14.0. The summed E-state index contributed by atoms with van der Waals surface area (Å²) in [5, 5.41) is 7.51. The number of aromatic nitrogens is 2. The van der Waals surface area contributed by atoms with Crippen molar-refractivity contribution in [3.8, 4) is 5.75 Å². The minimum atomic E-state index is 0.152. The lowest BCUT2D eigenvalue weighted by atomic mass is 10.2. The Hall–Kier alpha value is -3.17. The van der Waals surface area contributed by atoms with Gasteiger partial charge in [0.15, 0.2) is 4.77 Å². The quantitative estimate of drug-likeness (QED) is 0.223. The highest BCUT2D eigenvalue weighted by Gasteiger charge is 2.17. The molecule has 9 heteroatoms. The van der Waals surface area contributed by atoms with Crippen LogP contribution in [0, 0.1) is 4.77 Å². The average molecular weight is 523 g/mol. The Bertz CT molecular complexity index is 1190. The van der Waals surface area contributed by atoms with E-state index in [1.807, 2.05) is 36.4 Å². The van der Waals surface area contributed by atoms with Gasteiger partial charge in [-0.2, -0.15) is 0 Å². The minimum absolute atomic E-state index is 0.152. The van der Waals surface area contributed by atoms with Crippen molar-refractivity contribution in [3.05, 3.63) is 53.3 Å². The van der Waals surface area contributed by atoms with Crippen molar-refractivity contribution < 1.29 is 9.53 Å². The van der Waals surface area contributed by atoms with Gasteiger partial charge in [0.2, 0.25) is 5.91 Å². The lowest BCUT2D eigenvalue weighted by Gasteiger charge is -2.36. The molecule has 0 unspecified atom stereocenters. The highest BCUT2D eigenvalue weighted by Crippen LogP contribution is 2.21. The summed E-state index contributed by atoms with van der Waals surface area (Å²) >= 11 is 5.23. The molecule has 1 saturated heterocycles. The predicted octanol–water partition coefficient (Wildman–Crippen LogP) is 4.60. The van der Waals surface area contributed by atoms with Gasteiger partial charge in [0.1, 0.15) is 11.6 Å². The standard InChI is InChI=1S/C28H38N6O2S/c1-36-23-13-11-22(12-14-23)34-20-18-33(19-21-34)17-7-16-29-26(35)10-3-2-6-15-30-27-24-8-4-5-9-25(24)31-28(37)32-27/h4-5,8-9,11-14H,2-3,6-7,10,15-21H2,1H3,(H,29,35)(H2,30,31,32,37). The second kappa shape index (κ2) is 13.9. The summed E-state index contributed by atoms with van der Waals surface area (Å²) in [6, 6.07) is 16.3. The van der Waals surface area contributed by atoms with E-state index in [1.54, 1.807) is 7.11 Å². The fourth-order valence-electron chi connectivity index (χ4n) is 4.67. The van der Waals surface area contributed by atoms with Crippen LogP contribution in [0.5, 0.6) is 5.75 Å². The smallest absolute Gasteiger partial charge is 0.219 e. The second-order valence-electron chi connectivity index (χ2n) is 9.40. The topological polar surface area (TPSA) is 85.5 Å². The molecule has 0 radical (unpaired) electrons. The zero-order valence-electron chi connectivity index (χ0n) is 21.7. The first kappa shape index (κ1) is 26.9. The van der Waals surface area contributed by atoms with Crippen LogP contribution >= 0.6 is 12.2 Å². The Morgan fingerprint density at radius 3 is 2.57 bits per heavy atom. The van der Waals surface area contributed by atoms with E-state index in [1.165, 1.54) is 5.69 Å². The number of carbonyl (C=O) groups is 1. The first-order chi connectivity index (χ1) is 18.1. The van der Waals surface area contributed by atoms with Crippen molar-refractivity contribution in [1.82, 2.24) is 20.2 Å². The number of nitrogens with zero attached hydrogens (tertiary/aromatic N) is 3. The molecule has 3 N–H and O–H groups in total. The van der Waals surface area contributed by atoms with Gasteiger partial charge in [0, 0.05) is 56.8 Å². The molecule has 0 saturated carbocycles. The molecule has 0 spiro atoms. The third-order valence-corrected chi connectivity index (χ3v) is 6.99. The molecule has 1 aliphatic rings. The maximum atomic E-state index is 12.2. The summed E-state index contributed by atoms with van der Waals surface area (Å²) in [4.78, 5) is 24.6. The molecule has 2 aromatic carbocycles. The average Bonchev–Trinajstić information content (AvgIpc) is 2.93. The first-order valence-electron chi connectivity index (χ1n) is 13.2. The Labute approximate surface area is 224 Å². The van der Waals surface area contributed by atoms with E-state index < -0.39 is 0 Å². The predicted molar refractivity (Wildman–Crippen MR) is 153 cm³/mol. The van der Waals surface area contributed by atoms with Crippen LogP contribution in [0.1, 0.15) is 32.1 Å². The fraction of sp³-hybridized carbons (Fsp3) is 0.464. The molecule has 3 aromatic rings. The van der Waals surface area contributed by atoms with E-state index in [4.69, 9.17) is 17.0 Å². The number of anilines is 2. The van der Waals surface area contributed by atoms with Gasteiger partial charge in [-0.05, 0) is 74.4 Å². The maximum Gasteiger partial charge on any atom is 0.219 e. The zero-order valence-corrected chi connectivity index (χ0v) is 22.5. The molecule has 1 aromatic heterocycles. The van der Waals surface area contributed by atoms with Crippen LogP contribution in [0.15, 0.2) is 48.5 Å². The summed E-state index contributed by atoms with van der Waals surface area (Å²) in [7, 11) is 1.69. The number of methoxy groups -OCH3 is 1. The third-order valence-electron chi connectivity index (χ3n) is 6.79. The minimum Gasteiger partial charge on any atom is -0.497 e. The lowest BCUT2D eigenvalue weighted by Crippen LogP contribution is -2.47. The van der Waals surface area contributed by atoms with Gasteiger partial charge in [-0.15, -0.1) is 0 Å². The van der Waals surface area contributed by atoms with Gasteiger partial charge in [0.25, 0.3) is 0 Å². The maximum absolute atomic E-state index is 12.2. The number of hydrogen-bond donors (Lipinski definition) is 3. The molecule has 8 nitrogen and oxygen atoms in total. The number of hydrogen-bond acceptors (Lipinski definition) is 7. The van der Waals surface area contributed by atoms with E-state index in [9.17, 15) is 4.79 Å². The van der Waals surface area contributed by atoms with E-state index in [0.717, 1.165) is 94.0 Å². The largest absolute Gasteiger partial charge is 0.497 e. The highest BCUT2D eigenvalue weighted by molar-refractivity contribution is 7.71. The van der Waals surface area contributed by atoms with Crippen LogP contribution in [0.4, 0.5) is 11.5 Å². The van der Waals surface area contributed by atoms with Crippen LogP contribution in [-0.4, -0.2) is 73.7 Å². The number of fused-ring (bicyclic) bond motifs is 1. The SMILES string of the molecule is COc1ccc(N2CCN(CCCNC(=O)CCCCCNc3nc(=S)[nH]c4ccccc34)CC2)cc1. The van der Waals surface area contributed by atoms with Crippen molar-refractivity contribution in [2.24, 2.45) is 0 Å². The number of para-hydroxylation sites is 1. The van der Waals surface area contributed by atoms with Crippen molar-refractivity contribution in [3.63, 3.8) is 0 Å². The molecule has 1 fully saturated rings. The van der Waals surface area contributed by atoms with E-state index in [2.05, 4.69) is 42.5 Å². The zero-order chi connectivity index (χ0) is 25.9. The van der Waals surface area contributed by atoms with Crippen molar-refractivity contribution in [1.29, 1.82) is 0 Å². The number of aromatic amines is 1. The summed E-state index contributed by atoms with van der Waals surface area (Å²) < 4.78 is 5.73. The molecule has 0 atom stereocenters. The van der Waals surface area contributed by atoms with Crippen LogP contribution in [0.25, 0.3) is 10.9 Å². The summed E-state index contributed by atoms with van der Waals surface area (Å²) in [5.74, 6) is 1.86. The van der Waals surface area contributed by atoms with Crippen LogP contribution in [0.2, 0.25) is 0 Å². The third kappa shape index (κ3) is 8.16. The Kier molecular flexibility index (Phi) is 10.1. The Morgan fingerprint density at radius 2 is 1.78 bits per heavy atom. The highest BCUT2D eigenvalue weighted by atomic mass is 32.1. The van der Waals surface area contributed by atoms with Gasteiger partial charge in [0.05, 0.1) is 12.6 Å². The van der Waals surface area contributed by atoms with E-state index in [-0.39, 0.29) is 5.91 Å². The number of carbonyl (C=O) groups excluding carboxylic acids is 1. The molecule has 1 aliphatic heterocycles. The molecule has 0 bridgehead atoms. The van der Waals surface area contributed by atoms with Gasteiger partial charge in [-0.25, -0.2) is 4.98 Å². The van der Waals surface area contributed by atoms with Gasteiger partial charge in [-0.3, -0.25) is 9.69 Å². The number of benzene rings is 2. The molecule has 4 rings (SSSR count). The van der Waals surface area contributed by atoms with Gasteiger partial charge < -0.3 is 25.3 Å². The number of ether oxygens (including phenoxy) is 1. The Balaban J connectivity index is 1.03. The van der Waals surface area contributed by atoms with Gasteiger partial charge in [-0.1, -0.05) is 18.6 Å². The number of piperazine rings is 1. The molecule has 2 heterocycles. The van der Waals surface area contributed by atoms with Crippen LogP contribution in [0.3, 0.4) is 0 Å². The van der Waals surface area contributed by atoms with Gasteiger partial charge >= 0.3 is 0 Å². The molecule has 1 amide bonds. The summed E-state index contributed by atoms with van der Waals surface area (Å²) in [6.07, 6.45) is 4.44. The molecular formula is C28H38N6O2S. The number of H-pyrrole nitrogens is 1. The molecule has 198 valence electrons. The summed E-state index contributed by atoms with van der Waals surface area (Å²) in [6.45, 7) is 6.72. The Morgan fingerprint density at radius 1 is 1.00 bits per heavy atom. The molecular weight excluding hydrogens is 484 g/mol. The van der Waals surface area contributed by atoms with E-state index >= 15 is 0 Å². The van der Waals surface area contributed by atoms with Crippen LogP contribution in [-0.2, 0) is 4.79 Å². The monoisotopic (exact) mass is 522 g/mol. The van der Waals surface area contributed by atoms with Crippen molar-refractivity contribution >= 4 is 40.5 Å². The lowest BCUT2D eigenvalue weighted by molar-refractivity contribution is -0.121. The number of amides is 1. The second-order valence-corrected chi connectivity index (χ2v) is 9.79. The number of rotatable bonds is 13. The van der Waals surface area contributed by atoms with E-state index in [0.29, 0.717) is 11.2 Å². The van der Waals surface area contributed by atoms with Crippen molar-refractivity contribution in [2.75, 3.05) is 63.1 Å². The molecule has 37 heavy (non-hydrogen) atoms. The fourth-order valence-corrected chi connectivity index (χ4v) is 4.88. The summed E-state index contributed by atoms with van der Waals surface area (Å²) in [5.41, 5.74) is 2.23.